The van der Waals surface area contributed by atoms with E-state index in [2.05, 4.69) is 20.7 Å². The molecule has 1 aromatic rings. The van der Waals surface area contributed by atoms with E-state index in [0.29, 0.717) is 18.3 Å². The van der Waals surface area contributed by atoms with Crippen LogP contribution in [0.4, 0.5) is 11.8 Å². The van der Waals surface area contributed by atoms with Crippen molar-refractivity contribution in [3.05, 3.63) is 11.8 Å². The van der Waals surface area contributed by atoms with E-state index in [9.17, 15) is 4.79 Å². The van der Waals surface area contributed by atoms with Crippen molar-refractivity contribution in [3.8, 4) is 0 Å². The number of amides is 1. The Kier molecular flexibility index (Phi) is 3.81. The summed E-state index contributed by atoms with van der Waals surface area (Å²) in [5, 5.41) is 2.97. The highest BCUT2D eigenvalue weighted by molar-refractivity contribution is 5.74. The van der Waals surface area contributed by atoms with Gasteiger partial charge in [-0.1, -0.05) is 0 Å². The highest BCUT2D eigenvalue weighted by Crippen LogP contribution is 2.11. The van der Waals surface area contributed by atoms with Crippen molar-refractivity contribution in [2.45, 2.75) is 13.3 Å². The Morgan fingerprint density at radius 2 is 2.33 bits per heavy atom. The summed E-state index contributed by atoms with van der Waals surface area (Å²) in [6.45, 7) is 2.30. The standard InChI is InChI=1S/C8H14N6O/c1-5-4-12-8(14-10)13-7(5)11-3-2-6(9)15/h4H,2-3,10H2,1H3,(H2,9,15)(H2,11,12,13,14). The van der Waals surface area contributed by atoms with E-state index in [1.807, 2.05) is 6.92 Å². The molecular weight excluding hydrogens is 196 g/mol. The van der Waals surface area contributed by atoms with Gasteiger partial charge in [0.25, 0.3) is 0 Å². The van der Waals surface area contributed by atoms with Crippen molar-refractivity contribution in [1.29, 1.82) is 0 Å². The smallest absolute Gasteiger partial charge is 0.239 e. The van der Waals surface area contributed by atoms with Crippen molar-refractivity contribution in [2.24, 2.45) is 11.6 Å². The predicted octanol–water partition coefficient (Wildman–Crippen LogP) is -0.642. The maximum Gasteiger partial charge on any atom is 0.239 e. The maximum absolute atomic E-state index is 10.5. The Bertz CT molecular complexity index is 353. The lowest BCUT2D eigenvalue weighted by Gasteiger charge is -2.08. The third-order valence-corrected chi connectivity index (χ3v) is 1.76. The van der Waals surface area contributed by atoms with Crippen LogP contribution in [0.25, 0.3) is 0 Å². The first kappa shape index (κ1) is 11.2. The van der Waals surface area contributed by atoms with Gasteiger partial charge >= 0.3 is 0 Å². The molecule has 7 nitrogen and oxygen atoms in total. The topological polar surface area (TPSA) is 119 Å². The number of carbonyl (C=O) groups excluding carboxylic acids is 1. The quantitative estimate of drug-likeness (QED) is 0.379. The second-order valence-electron chi connectivity index (χ2n) is 3.01. The molecule has 1 aromatic heterocycles. The van der Waals surface area contributed by atoms with Crippen LogP contribution in [0.1, 0.15) is 12.0 Å². The zero-order valence-corrected chi connectivity index (χ0v) is 8.45. The molecule has 6 N–H and O–H groups in total. The van der Waals surface area contributed by atoms with Crippen LogP contribution in [0.2, 0.25) is 0 Å². The second-order valence-corrected chi connectivity index (χ2v) is 3.01. The zero-order chi connectivity index (χ0) is 11.3. The number of nitrogens with one attached hydrogen (secondary N) is 2. The minimum atomic E-state index is -0.355. The molecule has 0 saturated heterocycles. The summed E-state index contributed by atoms with van der Waals surface area (Å²) < 4.78 is 0. The van der Waals surface area contributed by atoms with E-state index >= 15 is 0 Å². The molecule has 0 bridgehead atoms. The Balaban J connectivity index is 2.62. The number of primary amides is 1. The average molecular weight is 210 g/mol. The Morgan fingerprint density at radius 3 is 2.93 bits per heavy atom. The van der Waals surface area contributed by atoms with Gasteiger partial charge < -0.3 is 11.1 Å². The third-order valence-electron chi connectivity index (χ3n) is 1.76. The van der Waals surface area contributed by atoms with Crippen molar-refractivity contribution < 1.29 is 4.79 Å². The van der Waals surface area contributed by atoms with E-state index in [-0.39, 0.29) is 12.3 Å². The molecule has 1 rings (SSSR count). The van der Waals surface area contributed by atoms with Crippen molar-refractivity contribution in [1.82, 2.24) is 9.97 Å². The molecule has 1 amide bonds. The van der Waals surface area contributed by atoms with Gasteiger partial charge in [-0.25, -0.2) is 10.8 Å². The van der Waals surface area contributed by atoms with Crippen LogP contribution >= 0.6 is 0 Å². The number of hydrogen-bond donors (Lipinski definition) is 4. The first-order valence-electron chi connectivity index (χ1n) is 4.46. The normalized spacial score (nSPS) is 9.73. The molecule has 0 radical (unpaired) electrons. The van der Waals surface area contributed by atoms with Gasteiger partial charge in [-0.05, 0) is 6.92 Å². The third kappa shape index (κ3) is 3.39. The number of nitrogens with zero attached hydrogens (tertiary/aromatic N) is 2. The van der Waals surface area contributed by atoms with E-state index < -0.39 is 0 Å². The summed E-state index contributed by atoms with van der Waals surface area (Å²) in [5.41, 5.74) is 8.22. The lowest BCUT2D eigenvalue weighted by Crippen LogP contribution is -2.17. The van der Waals surface area contributed by atoms with Crippen molar-refractivity contribution in [2.75, 3.05) is 17.3 Å². The first-order valence-corrected chi connectivity index (χ1v) is 4.46. The van der Waals surface area contributed by atoms with Crippen LogP contribution in [-0.4, -0.2) is 22.4 Å². The molecule has 0 aromatic carbocycles. The lowest BCUT2D eigenvalue weighted by molar-refractivity contribution is -0.117. The van der Waals surface area contributed by atoms with Crippen molar-refractivity contribution in [3.63, 3.8) is 0 Å². The van der Waals surface area contributed by atoms with E-state index in [0.717, 1.165) is 5.56 Å². The number of hydrogen-bond acceptors (Lipinski definition) is 6. The molecule has 0 aliphatic heterocycles. The van der Waals surface area contributed by atoms with Crippen LogP contribution < -0.4 is 22.3 Å². The highest BCUT2D eigenvalue weighted by atomic mass is 16.1. The minimum Gasteiger partial charge on any atom is -0.370 e. The Hall–Kier alpha value is -1.89. The fourth-order valence-electron chi connectivity index (χ4n) is 0.995. The zero-order valence-electron chi connectivity index (χ0n) is 8.45. The fourth-order valence-corrected chi connectivity index (χ4v) is 0.995. The Morgan fingerprint density at radius 1 is 1.60 bits per heavy atom. The fraction of sp³-hybridized carbons (Fsp3) is 0.375. The van der Waals surface area contributed by atoms with Gasteiger partial charge in [-0.15, -0.1) is 0 Å². The van der Waals surface area contributed by atoms with Crippen LogP contribution in [0, 0.1) is 6.92 Å². The second kappa shape index (κ2) is 5.11. The molecule has 0 unspecified atom stereocenters. The molecule has 0 fully saturated rings. The molecule has 0 aliphatic rings. The summed E-state index contributed by atoms with van der Waals surface area (Å²) in [4.78, 5) is 18.5. The van der Waals surface area contributed by atoms with Gasteiger partial charge in [-0.3, -0.25) is 10.2 Å². The minimum absolute atomic E-state index is 0.259. The summed E-state index contributed by atoms with van der Waals surface area (Å²) >= 11 is 0. The summed E-state index contributed by atoms with van der Waals surface area (Å²) in [7, 11) is 0. The van der Waals surface area contributed by atoms with E-state index in [1.165, 1.54) is 0 Å². The summed E-state index contributed by atoms with van der Waals surface area (Å²) in [6, 6.07) is 0. The van der Waals surface area contributed by atoms with Crippen LogP contribution in [0.5, 0.6) is 0 Å². The van der Waals surface area contributed by atoms with E-state index in [4.69, 9.17) is 11.6 Å². The predicted molar refractivity (Wildman–Crippen MR) is 56.9 cm³/mol. The monoisotopic (exact) mass is 210 g/mol. The molecule has 0 atom stereocenters. The number of nitrogens with two attached hydrogens (primary N) is 2. The molecule has 0 saturated carbocycles. The SMILES string of the molecule is Cc1cnc(NN)nc1NCCC(N)=O. The van der Waals surface area contributed by atoms with Gasteiger partial charge in [-0.2, -0.15) is 4.98 Å². The molecule has 1 heterocycles. The van der Waals surface area contributed by atoms with Crippen LogP contribution in [0.15, 0.2) is 6.20 Å². The first-order chi connectivity index (χ1) is 7.13. The number of rotatable bonds is 5. The molecular formula is C8H14N6O. The average Bonchev–Trinajstić information content (AvgIpc) is 2.20. The molecule has 7 heteroatoms. The highest BCUT2D eigenvalue weighted by Gasteiger charge is 2.02. The van der Waals surface area contributed by atoms with Crippen molar-refractivity contribution >= 4 is 17.7 Å². The van der Waals surface area contributed by atoms with Crippen LogP contribution in [0.3, 0.4) is 0 Å². The summed E-state index contributed by atoms with van der Waals surface area (Å²) in [6.07, 6.45) is 1.89. The van der Waals surface area contributed by atoms with Gasteiger partial charge in [0.1, 0.15) is 5.82 Å². The lowest BCUT2D eigenvalue weighted by atomic mass is 10.3. The molecule has 82 valence electrons. The number of aryl methyl sites for hydroxylation is 1. The number of carbonyl (C=O) groups is 1. The van der Waals surface area contributed by atoms with Gasteiger partial charge in [0.2, 0.25) is 11.9 Å². The molecule has 0 aliphatic carbocycles. The molecule has 15 heavy (non-hydrogen) atoms. The number of hydrazine groups is 1. The van der Waals surface area contributed by atoms with Gasteiger partial charge in [0.05, 0.1) is 0 Å². The van der Waals surface area contributed by atoms with Gasteiger partial charge in [0, 0.05) is 24.7 Å². The number of aromatic nitrogens is 2. The van der Waals surface area contributed by atoms with E-state index in [1.54, 1.807) is 6.20 Å². The molecule has 0 spiro atoms. The largest absolute Gasteiger partial charge is 0.370 e. The van der Waals surface area contributed by atoms with Gasteiger partial charge in [0.15, 0.2) is 0 Å². The maximum atomic E-state index is 10.5. The number of anilines is 2. The number of nitrogen functional groups attached to an aromatic ring is 1. The Labute approximate surface area is 87.2 Å². The van der Waals surface area contributed by atoms with Crippen LogP contribution in [-0.2, 0) is 4.79 Å². The summed E-state index contributed by atoms with van der Waals surface area (Å²) in [5.74, 6) is 5.77.